The number of ether oxygens (including phenoxy) is 1. The maximum atomic E-state index is 15.8. The molecule has 2 atom stereocenters. The quantitative estimate of drug-likeness (QED) is 0.194. The van der Waals surface area contributed by atoms with Crippen molar-refractivity contribution in [2.24, 2.45) is 5.92 Å². The molecule has 8 nitrogen and oxygen atoms in total. The van der Waals surface area contributed by atoms with Crippen LogP contribution in [-0.2, 0) is 22.2 Å². The number of rotatable bonds is 13. The first-order chi connectivity index (χ1) is 22.5. The molecule has 1 fully saturated rings. The van der Waals surface area contributed by atoms with E-state index in [2.05, 4.69) is 5.32 Å². The number of benzene rings is 2. The van der Waals surface area contributed by atoms with Crippen molar-refractivity contribution in [1.82, 2.24) is 14.8 Å². The molecule has 260 valence electrons. The fourth-order valence-corrected chi connectivity index (χ4v) is 6.35. The molecule has 1 aliphatic rings. The lowest BCUT2D eigenvalue weighted by atomic mass is 9.90. The Balaban J connectivity index is 1.77. The Morgan fingerprint density at radius 1 is 1.02 bits per heavy atom. The zero-order valence-corrected chi connectivity index (χ0v) is 28.1. The van der Waals surface area contributed by atoms with Gasteiger partial charge in [-0.25, -0.2) is 4.39 Å². The smallest absolute Gasteiger partial charge is 0.416 e. The lowest BCUT2D eigenvalue weighted by Crippen LogP contribution is -2.41. The Bertz CT molecular complexity index is 1710. The summed E-state index contributed by atoms with van der Waals surface area (Å²) in [7, 11) is 1.55. The number of halogens is 4. The molecule has 0 radical (unpaired) electrons. The highest BCUT2D eigenvalue weighted by molar-refractivity contribution is 5.82. The Labute approximate surface area is 277 Å². The lowest BCUT2D eigenvalue weighted by molar-refractivity contribution is -0.139. The number of amides is 1. The molecule has 48 heavy (non-hydrogen) atoms. The predicted molar refractivity (Wildman–Crippen MR) is 175 cm³/mol. The number of hydrogen-bond acceptors (Lipinski definition) is 5. The van der Waals surface area contributed by atoms with E-state index >= 15 is 4.39 Å². The SMILES string of the molecule is COc1cc(C)c(-c2cc(C)c(F)c(C(CC(=O)O)NC(=O)C(CC(C)C)n3cc(CCN4CCC4)c(C(F)(F)F)cc3=O)c2)c(C)c1. The number of carboxylic acids is 1. The molecular formula is C36H43F4N3O5. The van der Waals surface area contributed by atoms with E-state index in [1.165, 1.54) is 6.07 Å². The number of aromatic nitrogens is 1. The van der Waals surface area contributed by atoms with Crippen LogP contribution in [0.5, 0.6) is 5.75 Å². The van der Waals surface area contributed by atoms with Gasteiger partial charge >= 0.3 is 12.1 Å². The number of carbonyl (C=O) groups excluding carboxylic acids is 1. The van der Waals surface area contributed by atoms with E-state index in [9.17, 15) is 32.7 Å². The zero-order chi connectivity index (χ0) is 35.5. The second-order valence-corrected chi connectivity index (χ2v) is 13.0. The molecule has 1 saturated heterocycles. The average molecular weight is 674 g/mol. The molecule has 1 aromatic heterocycles. The van der Waals surface area contributed by atoms with Crippen molar-refractivity contribution < 1.29 is 37.0 Å². The number of aliphatic carboxylic acids is 1. The van der Waals surface area contributed by atoms with Crippen LogP contribution in [0.2, 0.25) is 0 Å². The van der Waals surface area contributed by atoms with Crippen molar-refractivity contribution >= 4 is 11.9 Å². The molecule has 2 unspecified atom stereocenters. The van der Waals surface area contributed by atoms with Gasteiger partial charge < -0.3 is 24.6 Å². The summed E-state index contributed by atoms with van der Waals surface area (Å²) in [5, 5.41) is 12.5. The number of carbonyl (C=O) groups is 2. The van der Waals surface area contributed by atoms with E-state index in [0.29, 0.717) is 23.9 Å². The van der Waals surface area contributed by atoms with Gasteiger partial charge in [0.25, 0.3) is 5.56 Å². The van der Waals surface area contributed by atoms with Crippen LogP contribution < -0.4 is 15.6 Å². The van der Waals surface area contributed by atoms with E-state index in [0.717, 1.165) is 47.0 Å². The second kappa shape index (κ2) is 14.9. The van der Waals surface area contributed by atoms with Crippen LogP contribution in [-0.4, -0.2) is 53.2 Å². The summed E-state index contributed by atoms with van der Waals surface area (Å²) in [6, 6.07) is 4.70. The van der Waals surface area contributed by atoms with Gasteiger partial charge in [-0.05, 0) is 117 Å². The molecule has 0 spiro atoms. The van der Waals surface area contributed by atoms with E-state index in [-0.39, 0.29) is 35.4 Å². The van der Waals surface area contributed by atoms with Crippen molar-refractivity contribution in [3.63, 3.8) is 0 Å². The molecule has 0 bridgehead atoms. The number of aryl methyl sites for hydroxylation is 3. The van der Waals surface area contributed by atoms with Crippen LogP contribution in [0.3, 0.4) is 0 Å². The van der Waals surface area contributed by atoms with Crippen molar-refractivity contribution in [2.75, 3.05) is 26.7 Å². The van der Waals surface area contributed by atoms with Crippen LogP contribution in [0.25, 0.3) is 11.1 Å². The number of carboxylic acid groups (broad SMARTS) is 1. The van der Waals surface area contributed by atoms with Crippen LogP contribution in [0.1, 0.15) is 78.6 Å². The van der Waals surface area contributed by atoms with Crippen LogP contribution in [0, 0.1) is 32.5 Å². The van der Waals surface area contributed by atoms with Gasteiger partial charge in [-0.15, -0.1) is 0 Å². The van der Waals surface area contributed by atoms with Crippen molar-refractivity contribution in [3.05, 3.63) is 86.1 Å². The van der Waals surface area contributed by atoms with Crippen LogP contribution >= 0.6 is 0 Å². The maximum absolute atomic E-state index is 15.8. The highest BCUT2D eigenvalue weighted by atomic mass is 19.4. The van der Waals surface area contributed by atoms with Gasteiger partial charge in [0.1, 0.15) is 17.6 Å². The largest absolute Gasteiger partial charge is 0.497 e. The topological polar surface area (TPSA) is 101 Å². The summed E-state index contributed by atoms with van der Waals surface area (Å²) in [6.45, 7) is 10.8. The average Bonchev–Trinajstić information content (AvgIpc) is 2.95. The normalized spacial score (nSPS) is 14.8. The summed E-state index contributed by atoms with van der Waals surface area (Å²) in [6.07, 6.45) is -3.30. The third kappa shape index (κ3) is 8.44. The summed E-state index contributed by atoms with van der Waals surface area (Å²) in [5.41, 5.74) is 1.07. The first-order valence-corrected chi connectivity index (χ1v) is 16.0. The molecule has 2 heterocycles. The number of nitrogens with zero attached hydrogens (tertiary/aromatic N) is 2. The summed E-state index contributed by atoms with van der Waals surface area (Å²) < 4.78 is 64.2. The number of nitrogens with one attached hydrogen (secondary N) is 1. The lowest BCUT2D eigenvalue weighted by Gasteiger charge is -2.31. The highest BCUT2D eigenvalue weighted by Gasteiger charge is 2.36. The molecule has 3 aromatic rings. The Hall–Kier alpha value is -4.19. The number of alkyl halides is 3. The second-order valence-electron chi connectivity index (χ2n) is 13.0. The molecule has 0 aliphatic carbocycles. The minimum absolute atomic E-state index is 0.0221. The Morgan fingerprint density at radius 3 is 2.19 bits per heavy atom. The Morgan fingerprint density at radius 2 is 1.67 bits per heavy atom. The molecule has 1 aliphatic heterocycles. The standard InChI is InChI=1S/C36H43F4N3O5/c1-20(2)12-30(43-19-24(8-11-42-9-7-10-42)28(17-31(43)44)36(38,39)40)35(47)41-29(18-32(45)46)27-16-25(13-23(5)34(27)37)33-21(3)14-26(48-6)15-22(33)4/h13-17,19-20,29-30H,7-12,18H2,1-6H3,(H,41,47)(H,45,46). The summed E-state index contributed by atoms with van der Waals surface area (Å²) >= 11 is 0. The van der Waals surface area contributed by atoms with Crippen LogP contribution in [0.4, 0.5) is 17.6 Å². The third-order valence-electron chi connectivity index (χ3n) is 8.83. The van der Waals surface area contributed by atoms with Gasteiger partial charge in [0.15, 0.2) is 0 Å². The summed E-state index contributed by atoms with van der Waals surface area (Å²) in [4.78, 5) is 41.3. The zero-order valence-electron chi connectivity index (χ0n) is 28.1. The minimum atomic E-state index is -4.77. The van der Waals surface area contributed by atoms with Gasteiger partial charge in [0.05, 0.1) is 25.1 Å². The molecule has 4 rings (SSSR count). The number of hydrogen-bond donors (Lipinski definition) is 2. The van der Waals surface area contributed by atoms with Gasteiger partial charge in [0, 0.05) is 24.4 Å². The molecule has 12 heteroatoms. The monoisotopic (exact) mass is 673 g/mol. The van der Waals surface area contributed by atoms with E-state index in [4.69, 9.17) is 4.74 Å². The number of pyridine rings is 1. The van der Waals surface area contributed by atoms with Gasteiger partial charge in [-0.3, -0.25) is 14.4 Å². The summed E-state index contributed by atoms with van der Waals surface area (Å²) in [5.74, 6) is -2.35. The fourth-order valence-electron chi connectivity index (χ4n) is 6.35. The van der Waals surface area contributed by atoms with Crippen LogP contribution in [0.15, 0.2) is 41.3 Å². The number of methoxy groups -OCH3 is 1. The highest BCUT2D eigenvalue weighted by Crippen LogP contribution is 2.36. The minimum Gasteiger partial charge on any atom is -0.497 e. The predicted octanol–water partition coefficient (Wildman–Crippen LogP) is 6.77. The van der Waals surface area contributed by atoms with E-state index in [1.807, 2.05) is 30.9 Å². The van der Waals surface area contributed by atoms with Crippen molar-refractivity contribution in [1.29, 1.82) is 0 Å². The fraction of sp³-hybridized carbons (Fsp3) is 0.472. The van der Waals surface area contributed by atoms with Gasteiger partial charge in [0.2, 0.25) is 5.91 Å². The van der Waals surface area contributed by atoms with E-state index in [1.54, 1.807) is 33.9 Å². The van der Waals surface area contributed by atoms with Crippen molar-refractivity contribution in [2.45, 2.75) is 78.6 Å². The first kappa shape index (κ1) is 36.6. The molecule has 2 N–H and O–H groups in total. The number of likely N-dealkylation sites (tertiary alicyclic amines) is 1. The maximum Gasteiger partial charge on any atom is 0.416 e. The molecule has 2 aromatic carbocycles. The molecular weight excluding hydrogens is 630 g/mol. The molecule has 1 amide bonds. The first-order valence-electron chi connectivity index (χ1n) is 16.0. The molecule has 0 saturated carbocycles. The Kier molecular flexibility index (Phi) is 11.4. The van der Waals surface area contributed by atoms with Gasteiger partial charge in [-0.1, -0.05) is 13.8 Å². The van der Waals surface area contributed by atoms with Gasteiger partial charge in [-0.2, -0.15) is 13.2 Å². The van der Waals surface area contributed by atoms with Crippen molar-refractivity contribution in [3.8, 4) is 16.9 Å². The third-order valence-corrected chi connectivity index (χ3v) is 8.83. The van der Waals surface area contributed by atoms with E-state index < -0.39 is 53.5 Å².